The van der Waals surface area contributed by atoms with Crippen molar-refractivity contribution in [3.63, 3.8) is 0 Å². The summed E-state index contributed by atoms with van der Waals surface area (Å²) in [6.45, 7) is 4.93. The van der Waals surface area contributed by atoms with Gasteiger partial charge in [0.25, 0.3) is 0 Å². The van der Waals surface area contributed by atoms with Crippen LogP contribution in [0, 0.1) is 6.92 Å². The highest BCUT2D eigenvalue weighted by Gasteiger charge is 2.17. The normalized spacial score (nSPS) is 14.8. The topological polar surface area (TPSA) is 74.2 Å². The van der Waals surface area contributed by atoms with E-state index in [1.165, 1.54) is 0 Å². The molecule has 2 heterocycles. The van der Waals surface area contributed by atoms with Crippen LogP contribution in [0.1, 0.15) is 5.56 Å². The number of nitrogens with one attached hydrogen (secondary N) is 1. The number of aryl methyl sites for hydroxylation is 1. The molecule has 0 saturated carbocycles. The smallest absolute Gasteiger partial charge is 0.249 e. The van der Waals surface area contributed by atoms with Crippen molar-refractivity contribution in [2.75, 3.05) is 36.4 Å². The van der Waals surface area contributed by atoms with E-state index in [1.807, 2.05) is 31.2 Å². The Kier molecular flexibility index (Phi) is 4.13. The predicted octanol–water partition coefficient (Wildman–Crippen LogP) is 1.20. The zero-order valence-corrected chi connectivity index (χ0v) is 12.4. The third-order valence-electron chi connectivity index (χ3n) is 3.72. The molecule has 7 heteroatoms. The van der Waals surface area contributed by atoms with E-state index in [-0.39, 0.29) is 0 Å². The van der Waals surface area contributed by atoms with Crippen molar-refractivity contribution in [2.45, 2.75) is 6.92 Å². The minimum Gasteiger partial charge on any atom is -0.352 e. The summed E-state index contributed by atoms with van der Waals surface area (Å²) in [4.78, 5) is 19.1. The van der Waals surface area contributed by atoms with E-state index in [1.54, 1.807) is 11.1 Å². The summed E-state index contributed by atoms with van der Waals surface area (Å²) in [6.07, 6.45) is 2.54. The zero-order chi connectivity index (χ0) is 15.4. The number of aromatic nitrogens is 3. The lowest BCUT2D eigenvalue weighted by Gasteiger charge is -2.33. The third kappa shape index (κ3) is 3.13. The molecule has 22 heavy (non-hydrogen) atoms. The Bertz CT molecular complexity index is 654. The number of carbonyl (C=O) groups is 1. The van der Waals surface area contributed by atoms with Crippen LogP contribution >= 0.6 is 0 Å². The molecule has 0 aliphatic carbocycles. The Morgan fingerprint density at radius 1 is 1.18 bits per heavy atom. The molecule has 0 radical (unpaired) electrons. The Labute approximate surface area is 129 Å². The predicted molar refractivity (Wildman–Crippen MR) is 84.1 cm³/mol. The van der Waals surface area contributed by atoms with Gasteiger partial charge >= 0.3 is 0 Å². The molecule has 0 spiro atoms. The van der Waals surface area contributed by atoms with Crippen molar-refractivity contribution in [3.05, 3.63) is 36.0 Å². The summed E-state index contributed by atoms with van der Waals surface area (Å²) in [7, 11) is 0. The number of carbonyl (C=O) groups excluding carboxylic acids is 1. The van der Waals surface area contributed by atoms with Crippen LogP contribution in [-0.2, 0) is 4.79 Å². The Morgan fingerprint density at radius 3 is 2.68 bits per heavy atom. The molecular weight excluding hydrogens is 280 g/mol. The number of anilines is 3. The number of rotatable bonds is 4. The third-order valence-corrected chi connectivity index (χ3v) is 3.72. The molecule has 3 rings (SSSR count). The van der Waals surface area contributed by atoms with Gasteiger partial charge in [0.05, 0.1) is 6.20 Å². The molecule has 0 bridgehead atoms. The van der Waals surface area contributed by atoms with E-state index < -0.39 is 0 Å². The molecule has 114 valence electrons. The van der Waals surface area contributed by atoms with Crippen molar-refractivity contribution in [1.29, 1.82) is 0 Å². The quantitative estimate of drug-likeness (QED) is 0.855. The van der Waals surface area contributed by atoms with E-state index in [0.717, 1.165) is 36.6 Å². The Morgan fingerprint density at radius 2 is 1.95 bits per heavy atom. The average Bonchev–Trinajstić information content (AvgIpc) is 2.57. The lowest BCUT2D eigenvalue weighted by molar-refractivity contribution is -0.118. The standard InChI is InChI=1S/C15H18N6O/c1-12-4-2-3-5-13(12)17-15-18-14(10-16-19-15)21-8-6-20(11-22)7-9-21/h2-5,10-11H,6-9H2,1H3,(H,17,18,19). The fraction of sp³-hybridized carbons (Fsp3) is 0.333. The molecular formula is C15H18N6O. The SMILES string of the molecule is Cc1ccccc1Nc1nncc(N2CCN(C=O)CC2)n1. The first-order valence-electron chi connectivity index (χ1n) is 7.23. The lowest BCUT2D eigenvalue weighted by Crippen LogP contribution is -2.46. The monoisotopic (exact) mass is 298 g/mol. The van der Waals surface area contributed by atoms with Crippen molar-refractivity contribution >= 4 is 23.9 Å². The second-order valence-electron chi connectivity index (χ2n) is 5.21. The van der Waals surface area contributed by atoms with Gasteiger partial charge in [0, 0.05) is 31.9 Å². The van der Waals surface area contributed by atoms with Crippen LogP contribution in [-0.4, -0.2) is 52.7 Å². The number of hydrogen-bond acceptors (Lipinski definition) is 6. The summed E-state index contributed by atoms with van der Waals surface area (Å²) in [5.74, 6) is 1.25. The highest BCUT2D eigenvalue weighted by molar-refractivity contribution is 5.58. The molecule has 1 aliphatic rings. The number of para-hydroxylation sites is 1. The van der Waals surface area contributed by atoms with Gasteiger partial charge in [0.2, 0.25) is 12.4 Å². The molecule has 1 saturated heterocycles. The molecule has 0 atom stereocenters. The van der Waals surface area contributed by atoms with Crippen LogP contribution in [0.15, 0.2) is 30.5 Å². The van der Waals surface area contributed by atoms with Gasteiger partial charge in [-0.05, 0) is 18.6 Å². The highest BCUT2D eigenvalue weighted by Crippen LogP contribution is 2.19. The molecule has 1 amide bonds. The van der Waals surface area contributed by atoms with Crippen molar-refractivity contribution in [3.8, 4) is 0 Å². The van der Waals surface area contributed by atoms with E-state index >= 15 is 0 Å². The molecule has 1 N–H and O–H groups in total. The second-order valence-corrected chi connectivity index (χ2v) is 5.21. The molecule has 1 fully saturated rings. The number of benzene rings is 1. The minimum absolute atomic E-state index is 0.476. The van der Waals surface area contributed by atoms with Crippen molar-refractivity contribution < 1.29 is 4.79 Å². The Hall–Kier alpha value is -2.70. The summed E-state index contributed by atoms with van der Waals surface area (Å²) in [6, 6.07) is 7.96. The van der Waals surface area contributed by atoms with E-state index in [4.69, 9.17) is 0 Å². The fourth-order valence-corrected chi connectivity index (χ4v) is 2.39. The Balaban J connectivity index is 1.73. The highest BCUT2D eigenvalue weighted by atomic mass is 16.1. The van der Waals surface area contributed by atoms with Gasteiger partial charge in [-0.2, -0.15) is 10.1 Å². The van der Waals surface area contributed by atoms with Crippen molar-refractivity contribution in [1.82, 2.24) is 20.1 Å². The van der Waals surface area contributed by atoms with E-state index in [2.05, 4.69) is 25.4 Å². The van der Waals surface area contributed by atoms with Crippen LogP contribution in [0.25, 0.3) is 0 Å². The molecule has 2 aromatic rings. The second kappa shape index (κ2) is 6.38. The number of hydrogen-bond donors (Lipinski definition) is 1. The maximum Gasteiger partial charge on any atom is 0.249 e. The summed E-state index contributed by atoms with van der Waals surface area (Å²) >= 11 is 0. The first kappa shape index (κ1) is 14.2. The molecule has 1 aromatic carbocycles. The van der Waals surface area contributed by atoms with Gasteiger partial charge in [-0.25, -0.2) is 0 Å². The number of amides is 1. The maximum absolute atomic E-state index is 10.8. The molecule has 7 nitrogen and oxygen atoms in total. The van der Waals surface area contributed by atoms with Crippen LogP contribution in [0.5, 0.6) is 0 Å². The summed E-state index contributed by atoms with van der Waals surface area (Å²) in [5.41, 5.74) is 2.09. The summed E-state index contributed by atoms with van der Waals surface area (Å²) in [5, 5.41) is 11.3. The van der Waals surface area contributed by atoms with Crippen LogP contribution < -0.4 is 10.2 Å². The van der Waals surface area contributed by atoms with Gasteiger partial charge in [0.15, 0.2) is 5.82 Å². The molecule has 0 unspecified atom stereocenters. The van der Waals surface area contributed by atoms with Crippen LogP contribution in [0.3, 0.4) is 0 Å². The maximum atomic E-state index is 10.8. The largest absolute Gasteiger partial charge is 0.352 e. The first-order chi connectivity index (χ1) is 10.8. The fourth-order valence-electron chi connectivity index (χ4n) is 2.39. The number of piperazine rings is 1. The minimum atomic E-state index is 0.476. The zero-order valence-electron chi connectivity index (χ0n) is 12.4. The van der Waals surface area contributed by atoms with Gasteiger partial charge in [-0.1, -0.05) is 18.2 Å². The van der Waals surface area contributed by atoms with Crippen molar-refractivity contribution in [2.24, 2.45) is 0 Å². The lowest BCUT2D eigenvalue weighted by atomic mass is 10.2. The van der Waals surface area contributed by atoms with Gasteiger partial charge in [0.1, 0.15) is 0 Å². The molecule has 1 aliphatic heterocycles. The number of nitrogens with zero attached hydrogens (tertiary/aromatic N) is 5. The van der Waals surface area contributed by atoms with E-state index in [0.29, 0.717) is 19.0 Å². The molecule has 1 aromatic heterocycles. The van der Waals surface area contributed by atoms with Gasteiger partial charge in [-0.3, -0.25) is 4.79 Å². The van der Waals surface area contributed by atoms with Crippen LogP contribution in [0.2, 0.25) is 0 Å². The van der Waals surface area contributed by atoms with Gasteiger partial charge in [-0.15, -0.1) is 5.10 Å². The average molecular weight is 298 g/mol. The first-order valence-corrected chi connectivity index (χ1v) is 7.23. The van der Waals surface area contributed by atoms with Crippen LogP contribution in [0.4, 0.5) is 17.5 Å². The summed E-state index contributed by atoms with van der Waals surface area (Å²) < 4.78 is 0. The van der Waals surface area contributed by atoms with E-state index in [9.17, 15) is 4.79 Å². The van der Waals surface area contributed by atoms with Gasteiger partial charge < -0.3 is 15.1 Å².